The molecule has 0 bridgehead atoms. The first-order valence-electron chi connectivity index (χ1n) is 7.90. The second-order valence-corrected chi connectivity index (χ2v) is 5.97. The molecule has 4 rings (SSSR count). The highest BCUT2D eigenvalue weighted by Gasteiger charge is 2.33. The molecule has 0 radical (unpaired) electrons. The zero-order valence-electron chi connectivity index (χ0n) is 14.3. The minimum absolute atomic E-state index is 0.0829. The fraction of sp³-hybridized carbons (Fsp3) is 0.167. The Bertz CT molecular complexity index is 1220. The van der Waals surface area contributed by atoms with Crippen LogP contribution in [0.5, 0.6) is 5.75 Å². The molecule has 0 unspecified atom stereocenters. The van der Waals surface area contributed by atoms with Crippen molar-refractivity contribution in [2.45, 2.75) is 6.18 Å². The average molecular weight is 374 g/mol. The summed E-state index contributed by atoms with van der Waals surface area (Å²) in [5.74, 6) is 0.555. The Morgan fingerprint density at radius 1 is 1.04 bits per heavy atom. The van der Waals surface area contributed by atoms with E-state index in [0.717, 1.165) is 10.6 Å². The summed E-state index contributed by atoms with van der Waals surface area (Å²) < 4.78 is 47.2. The van der Waals surface area contributed by atoms with Crippen molar-refractivity contribution in [2.75, 3.05) is 7.11 Å². The monoisotopic (exact) mass is 374 g/mol. The van der Waals surface area contributed by atoms with Gasteiger partial charge in [-0.1, -0.05) is 0 Å². The number of halogens is 3. The van der Waals surface area contributed by atoms with Gasteiger partial charge in [0.15, 0.2) is 5.52 Å². The lowest BCUT2D eigenvalue weighted by molar-refractivity contribution is -0.141. The number of hydrogen-bond acceptors (Lipinski definition) is 4. The summed E-state index contributed by atoms with van der Waals surface area (Å²) in [4.78, 5) is 16.8. The molecule has 6 nitrogen and oxygen atoms in total. The summed E-state index contributed by atoms with van der Waals surface area (Å²) in [5.41, 5.74) is -1.18. The number of benzene rings is 1. The highest BCUT2D eigenvalue weighted by molar-refractivity contribution is 6.03. The van der Waals surface area contributed by atoms with Gasteiger partial charge in [0.2, 0.25) is 0 Å². The smallest absolute Gasteiger partial charge is 0.433 e. The van der Waals surface area contributed by atoms with E-state index in [9.17, 15) is 18.0 Å². The Hall–Kier alpha value is -3.36. The topological polar surface area (TPSA) is 61.9 Å². The zero-order chi connectivity index (χ0) is 19.3. The van der Waals surface area contributed by atoms with Crippen molar-refractivity contribution < 1.29 is 17.9 Å². The first-order valence-corrected chi connectivity index (χ1v) is 7.90. The summed E-state index contributed by atoms with van der Waals surface area (Å²) in [7, 11) is 3.13. The molecule has 3 aromatic heterocycles. The Labute approximate surface area is 150 Å². The minimum Gasteiger partial charge on any atom is -0.497 e. The Morgan fingerprint density at radius 3 is 2.37 bits per heavy atom. The molecule has 0 saturated carbocycles. The maximum atomic E-state index is 13.2. The standard InChI is InChI=1S/C18H13F3N4O2/c1-24-9-13-12-7-8-14(18(19,20)21)22-16(12)25(17(26)15(13)23-24)10-3-5-11(27-2)6-4-10/h3-9H,1-2H3. The van der Waals surface area contributed by atoms with Gasteiger partial charge in [-0.3, -0.25) is 14.0 Å². The van der Waals surface area contributed by atoms with E-state index in [1.807, 2.05) is 0 Å². The van der Waals surface area contributed by atoms with Gasteiger partial charge < -0.3 is 4.74 Å². The van der Waals surface area contributed by atoms with E-state index in [1.165, 1.54) is 17.9 Å². The van der Waals surface area contributed by atoms with Crippen LogP contribution >= 0.6 is 0 Å². The van der Waals surface area contributed by atoms with Crippen molar-refractivity contribution >= 4 is 21.9 Å². The van der Waals surface area contributed by atoms with Crippen molar-refractivity contribution in [1.82, 2.24) is 19.3 Å². The second-order valence-electron chi connectivity index (χ2n) is 5.97. The number of aromatic nitrogens is 4. The predicted octanol–water partition coefficient (Wildman–Crippen LogP) is 3.30. The normalized spacial score (nSPS) is 12.0. The molecular formula is C18H13F3N4O2. The fourth-order valence-corrected chi connectivity index (χ4v) is 3.00. The number of pyridine rings is 2. The molecule has 0 fully saturated rings. The van der Waals surface area contributed by atoms with Crippen LogP contribution in [0.1, 0.15) is 5.69 Å². The van der Waals surface area contributed by atoms with Crippen LogP contribution in [0.25, 0.3) is 27.6 Å². The second kappa shape index (κ2) is 5.83. The lowest BCUT2D eigenvalue weighted by Crippen LogP contribution is -2.21. The van der Waals surface area contributed by atoms with Crippen LogP contribution < -0.4 is 10.3 Å². The van der Waals surface area contributed by atoms with Crippen molar-refractivity contribution in [3.8, 4) is 11.4 Å². The number of ether oxygens (including phenoxy) is 1. The van der Waals surface area contributed by atoms with Crippen molar-refractivity contribution in [1.29, 1.82) is 0 Å². The molecule has 4 aromatic rings. The number of methoxy groups -OCH3 is 1. The average Bonchev–Trinajstić information content (AvgIpc) is 3.03. The molecule has 0 aliphatic heterocycles. The number of hydrogen-bond donors (Lipinski definition) is 0. The van der Waals surface area contributed by atoms with Gasteiger partial charge >= 0.3 is 6.18 Å². The lowest BCUT2D eigenvalue weighted by atomic mass is 10.1. The third-order valence-electron chi connectivity index (χ3n) is 4.23. The fourth-order valence-electron chi connectivity index (χ4n) is 3.00. The zero-order valence-corrected chi connectivity index (χ0v) is 14.3. The third-order valence-corrected chi connectivity index (χ3v) is 4.23. The van der Waals surface area contributed by atoms with Crippen LogP contribution in [-0.2, 0) is 13.2 Å². The van der Waals surface area contributed by atoms with Crippen LogP contribution in [0.15, 0.2) is 47.4 Å². The van der Waals surface area contributed by atoms with Crippen LogP contribution in [0.2, 0.25) is 0 Å². The molecule has 9 heteroatoms. The lowest BCUT2D eigenvalue weighted by Gasteiger charge is -2.13. The summed E-state index contributed by atoms with van der Waals surface area (Å²) >= 11 is 0. The van der Waals surface area contributed by atoms with E-state index in [1.54, 1.807) is 37.5 Å². The van der Waals surface area contributed by atoms with Crippen molar-refractivity contribution in [3.05, 3.63) is 58.6 Å². The summed E-state index contributed by atoms with van der Waals surface area (Å²) in [6.07, 6.45) is -3.04. The molecule has 0 atom stereocenters. The highest BCUT2D eigenvalue weighted by atomic mass is 19.4. The Kier molecular flexibility index (Phi) is 3.69. The maximum absolute atomic E-state index is 13.2. The summed E-state index contributed by atoms with van der Waals surface area (Å²) in [6.45, 7) is 0. The molecule has 3 heterocycles. The SMILES string of the molecule is COc1ccc(-n2c(=O)c3nn(C)cc3c3ccc(C(F)(F)F)nc32)cc1. The van der Waals surface area contributed by atoms with E-state index in [2.05, 4.69) is 10.1 Å². The van der Waals surface area contributed by atoms with E-state index in [-0.39, 0.29) is 11.2 Å². The Balaban J connectivity index is 2.15. The molecule has 0 spiro atoms. The first kappa shape index (κ1) is 17.1. The van der Waals surface area contributed by atoms with Gasteiger partial charge in [-0.05, 0) is 36.4 Å². The van der Waals surface area contributed by atoms with Gasteiger partial charge in [-0.15, -0.1) is 0 Å². The van der Waals surface area contributed by atoms with Crippen molar-refractivity contribution in [3.63, 3.8) is 0 Å². The van der Waals surface area contributed by atoms with E-state index in [0.29, 0.717) is 22.2 Å². The maximum Gasteiger partial charge on any atom is 0.433 e. The van der Waals surface area contributed by atoms with Crippen LogP contribution in [-0.4, -0.2) is 26.4 Å². The number of fused-ring (bicyclic) bond motifs is 3. The molecule has 1 aromatic carbocycles. The summed E-state index contributed by atoms with van der Waals surface area (Å²) in [5, 5.41) is 5.01. The number of alkyl halides is 3. The molecule has 138 valence electrons. The number of aryl methyl sites for hydroxylation is 1. The predicted molar refractivity (Wildman–Crippen MR) is 93.2 cm³/mol. The first-order chi connectivity index (χ1) is 12.8. The van der Waals surface area contributed by atoms with Gasteiger partial charge in [0.25, 0.3) is 5.56 Å². The van der Waals surface area contributed by atoms with Crippen molar-refractivity contribution in [2.24, 2.45) is 7.05 Å². The van der Waals surface area contributed by atoms with E-state index in [4.69, 9.17) is 4.74 Å². The van der Waals surface area contributed by atoms with Crippen LogP contribution in [0.4, 0.5) is 13.2 Å². The molecule has 0 N–H and O–H groups in total. The van der Waals surface area contributed by atoms with Gasteiger partial charge in [0.1, 0.15) is 17.1 Å². The van der Waals surface area contributed by atoms with Gasteiger partial charge in [-0.25, -0.2) is 4.98 Å². The number of nitrogens with zero attached hydrogens (tertiary/aromatic N) is 4. The molecule has 27 heavy (non-hydrogen) atoms. The van der Waals surface area contributed by atoms with Crippen LogP contribution in [0, 0.1) is 0 Å². The third kappa shape index (κ3) is 2.71. The highest BCUT2D eigenvalue weighted by Crippen LogP contribution is 2.31. The molecular weight excluding hydrogens is 361 g/mol. The van der Waals surface area contributed by atoms with Gasteiger partial charge in [-0.2, -0.15) is 18.3 Å². The van der Waals surface area contributed by atoms with Gasteiger partial charge in [0.05, 0.1) is 12.8 Å². The number of rotatable bonds is 2. The van der Waals surface area contributed by atoms with E-state index >= 15 is 0 Å². The van der Waals surface area contributed by atoms with E-state index < -0.39 is 17.4 Å². The quantitative estimate of drug-likeness (QED) is 0.540. The molecule has 0 amide bonds. The molecule has 0 aliphatic rings. The van der Waals surface area contributed by atoms with Crippen LogP contribution in [0.3, 0.4) is 0 Å². The van der Waals surface area contributed by atoms with Gasteiger partial charge in [0, 0.05) is 24.0 Å². The largest absolute Gasteiger partial charge is 0.497 e. The Morgan fingerprint density at radius 2 is 1.74 bits per heavy atom. The molecule has 0 aliphatic carbocycles. The molecule has 0 saturated heterocycles. The summed E-state index contributed by atoms with van der Waals surface area (Å²) in [6, 6.07) is 8.60. The minimum atomic E-state index is -4.63.